The number of aromatic nitrogens is 1. The van der Waals surface area contributed by atoms with Crippen molar-refractivity contribution >= 4 is 39.3 Å². The number of hydrogen-bond donors (Lipinski definition) is 0. The van der Waals surface area contributed by atoms with Crippen molar-refractivity contribution in [2.24, 2.45) is 0 Å². The normalized spacial score (nSPS) is 13.4. The monoisotopic (exact) mass is 676 g/mol. The quantitative estimate of drug-likeness (QED) is 0.138. The number of halogens is 6. The fourth-order valence-electron chi connectivity index (χ4n) is 6.83. The summed E-state index contributed by atoms with van der Waals surface area (Å²) >= 11 is 0. The number of anilines is 1. The minimum atomic E-state index is -5.03. The Hall–Kier alpha value is -6.16. The summed E-state index contributed by atoms with van der Waals surface area (Å²) in [5.41, 5.74) is 0.458. The van der Waals surface area contributed by atoms with Gasteiger partial charge in [0.1, 0.15) is 0 Å². The average Bonchev–Trinajstić information content (AvgIpc) is 3.58. The molecule has 1 aromatic heterocycles. The number of amides is 2. The molecule has 0 unspecified atom stereocenters. The fraction of sp³-hybridized carbons (Fsp3) is 0.0500. The van der Waals surface area contributed by atoms with E-state index < -0.39 is 35.3 Å². The Balaban J connectivity index is 1.36. The van der Waals surface area contributed by atoms with Crippen molar-refractivity contribution in [2.75, 3.05) is 4.90 Å². The van der Waals surface area contributed by atoms with Crippen molar-refractivity contribution in [3.63, 3.8) is 0 Å². The molecule has 1 aliphatic heterocycles. The Morgan fingerprint density at radius 1 is 0.460 bits per heavy atom. The molecule has 0 saturated carbocycles. The first kappa shape index (κ1) is 31.1. The van der Waals surface area contributed by atoms with Crippen molar-refractivity contribution in [1.29, 1.82) is 0 Å². The van der Waals surface area contributed by atoms with Gasteiger partial charge in [-0.3, -0.25) is 9.59 Å². The Labute approximate surface area is 280 Å². The lowest BCUT2D eigenvalue weighted by Gasteiger charge is -2.18. The van der Waals surface area contributed by atoms with Crippen LogP contribution in [0.4, 0.5) is 32.0 Å². The third kappa shape index (κ3) is 4.86. The molecular weight excluding hydrogens is 654 g/mol. The van der Waals surface area contributed by atoms with Crippen LogP contribution in [0.2, 0.25) is 0 Å². The molecule has 7 aromatic rings. The van der Waals surface area contributed by atoms with Crippen molar-refractivity contribution in [1.82, 2.24) is 4.57 Å². The number of alkyl halides is 6. The van der Waals surface area contributed by atoms with Crippen molar-refractivity contribution in [3.8, 4) is 27.9 Å². The topological polar surface area (TPSA) is 42.3 Å². The van der Waals surface area contributed by atoms with Crippen LogP contribution in [-0.2, 0) is 12.4 Å². The molecule has 6 aromatic carbocycles. The molecule has 0 radical (unpaired) electrons. The zero-order valence-corrected chi connectivity index (χ0v) is 25.7. The number of fused-ring (bicyclic) bond motifs is 4. The van der Waals surface area contributed by atoms with E-state index in [1.54, 1.807) is 71.3 Å². The van der Waals surface area contributed by atoms with E-state index in [0.29, 0.717) is 50.9 Å². The van der Waals surface area contributed by atoms with Crippen LogP contribution in [0.3, 0.4) is 0 Å². The van der Waals surface area contributed by atoms with E-state index >= 15 is 0 Å². The Morgan fingerprint density at radius 2 is 1.02 bits per heavy atom. The van der Waals surface area contributed by atoms with E-state index in [1.165, 1.54) is 6.07 Å². The number of imide groups is 1. The van der Waals surface area contributed by atoms with Crippen LogP contribution in [0.15, 0.2) is 133 Å². The molecule has 2 heterocycles. The van der Waals surface area contributed by atoms with Crippen molar-refractivity contribution in [3.05, 3.63) is 156 Å². The fourth-order valence-corrected chi connectivity index (χ4v) is 6.83. The van der Waals surface area contributed by atoms with Crippen LogP contribution in [-0.4, -0.2) is 16.4 Å². The number of para-hydroxylation sites is 2. The highest BCUT2D eigenvalue weighted by Gasteiger charge is 2.41. The third-order valence-electron chi connectivity index (χ3n) is 8.96. The zero-order chi connectivity index (χ0) is 34.9. The molecule has 1 aliphatic rings. The van der Waals surface area contributed by atoms with Crippen LogP contribution in [0, 0.1) is 0 Å². The minimum Gasteiger partial charge on any atom is -0.308 e. The SMILES string of the molecule is O=C1c2cccc(-n3c4ccccc4c4c(-c5cc(C(F)(F)F)cc(C(F)(F)F)c5)cccc43)c2C(=O)N1c1ccccc1-c1ccccc1. The first-order valence-corrected chi connectivity index (χ1v) is 15.4. The number of carbonyl (C=O) groups excluding carboxylic acids is 2. The van der Waals surface area contributed by atoms with Gasteiger partial charge in [-0.1, -0.05) is 84.9 Å². The number of nitrogens with zero attached hydrogens (tertiary/aromatic N) is 2. The van der Waals surface area contributed by atoms with E-state index in [2.05, 4.69) is 0 Å². The molecule has 246 valence electrons. The minimum absolute atomic E-state index is 0.102. The highest BCUT2D eigenvalue weighted by molar-refractivity contribution is 6.36. The molecular formula is C40H22F6N2O2. The first-order chi connectivity index (χ1) is 23.9. The molecule has 2 amide bonds. The maximum Gasteiger partial charge on any atom is 0.416 e. The van der Waals surface area contributed by atoms with Crippen LogP contribution in [0.25, 0.3) is 49.7 Å². The summed E-state index contributed by atoms with van der Waals surface area (Å²) < 4.78 is 85.0. The van der Waals surface area contributed by atoms with Gasteiger partial charge in [0.05, 0.1) is 44.7 Å². The van der Waals surface area contributed by atoms with Gasteiger partial charge in [-0.25, -0.2) is 4.90 Å². The van der Waals surface area contributed by atoms with E-state index in [4.69, 9.17) is 0 Å². The van der Waals surface area contributed by atoms with Crippen LogP contribution >= 0.6 is 0 Å². The van der Waals surface area contributed by atoms with E-state index in [-0.39, 0.29) is 28.3 Å². The molecule has 0 aliphatic carbocycles. The second kappa shape index (κ2) is 11.2. The standard InChI is InChI=1S/C40H22F6N2O2/c41-39(42,43)25-20-24(21-26(22-25)40(44,45)46)28-14-8-18-33-35(28)29-13-5-7-17-32(29)47(33)34-19-9-15-30-36(34)38(50)48(37(30)49)31-16-6-4-12-27(31)23-10-2-1-3-11-23/h1-22H. The summed E-state index contributed by atoms with van der Waals surface area (Å²) in [6.45, 7) is 0. The summed E-state index contributed by atoms with van der Waals surface area (Å²) in [4.78, 5) is 29.6. The summed E-state index contributed by atoms with van der Waals surface area (Å²) in [5, 5.41) is 0.918. The molecule has 4 nitrogen and oxygen atoms in total. The Kier molecular flexibility index (Phi) is 6.97. The molecule has 0 atom stereocenters. The second-order valence-electron chi connectivity index (χ2n) is 11.9. The molecule has 0 bridgehead atoms. The predicted octanol–water partition coefficient (Wildman–Crippen LogP) is 11.0. The van der Waals surface area contributed by atoms with Gasteiger partial charge in [-0.05, 0) is 65.2 Å². The molecule has 50 heavy (non-hydrogen) atoms. The molecule has 0 saturated heterocycles. The largest absolute Gasteiger partial charge is 0.416 e. The molecule has 0 N–H and O–H groups in total. The van der Waals surface area contributed by atoms with Crippen molar-refractivity contribution < 1.29 is 35.9 Å². The van der Waals surface area contributed by atoms with Gasteiger partial charge in [0.25, 0.3) is 11.8 Å². The van der Waals surface area contributed by atoms with Crippen LogP contribution in [0.1, 0.15) is 31.8 Å². The first-order valence-electron chi connectivity index (χ1n) is 15.4. The van der Waals surface area contributed by atoms with Crippen molar-refractivity contribution in [2.45, 2.75) is 12.4 Å². The molecule has 0 fully saturated rings. The Bertz CT molecular complexity index is 2480. The molecule has 8 rings (SSSR count). The summed E-state index contributed by atoms with van der Waals surface area (Å²) in [7, 11) is 0. The molecule has 10 heteroatoms. The van der Waals surface area contributed by atoms with Gasteiger partial charge in [-0.15, -0.1) is 0 Å². The van der Waals surface area contributed by atoms with E-state index in [0.717, 1.165) is 10.5 Å². The molecule has 0 spiro atoms. The maximum atomic E-state index is 14.4. The van der Waals surface area contributed by atoms with Crippen LogP contribution in [0.5, 0.6) is 0 Å². The van der Waals surface area contributed by atoms with Crippen LogP contribution < -0.4 is 4.90 Å². The number of rotatable bonds is 4. The smallest absolute Gasteiger partial charge is 0.308 e. The van der Waals surface area contributed by atoms with E-state index in [1.807, 2.05) is 42.5 Å². The lowest BCUT2D eigenvalue weighted by Crippen LogP contribution is -2.30. The summed E-state index contributed by atoms with van der Waals surface area (Å²) in [5.74, 6) is -1.10. The highest BCUT2D eigenvalue weighted by Crippen LogP contribution is 2.44. The Morgan fingerprint density at radius 3 is 1.74 bits per heavy atom. The lowest BCUT2D eigenvalue weighted by atomic mass is 9.95. The maximum absolute atomic E-state index is 14.4. The number of benzene rings is 6. The third-order valence-corrected chi connectivity index (χ3v) is 8.96. The highest BCUT2D eigenvalue weighted by atomic mass is 19.4. The van der Waals surface area contributed by atoms with Gasteiger partial charge >= 0.3 is 12.4 Å². The van der Waals surface area contributed by atoms with E-state index in [9.17, 15) is 35.9 Å². The van der Waals surface area contributed by atoms with Gasteiger partial charge in [0, 0.05) is 16.3 Å². The lowest BCUT2D eigenvalue weighted by molar-refractivity contribution is -0.143. The summed E-state index contributed by atoms with van der Waals surface area (Å²) in [6, 6.07) is 34.4. The number of carbonyl (C=O) groups is 2. The zero-order valence-electron chi connectivity index (χ0n) is 25.7. The second-order valence-corrected chi connectivity index (χ2v) is 11.9. The van der Waals surface area contributed by atoms with Gasteiger partial charge in [0.2, 0.25) is 0 Å². The van der Waals surface area contributed by atoms with Gasteiger partial charge in [0.15, 0.2) is 0 Å². The predicted molar refractivity (Wildman–Crippen MR) is 179 cm³/mol. The number of hydrogen-bond acceptors (Lipinski definition) is 2. The average molecular weight is 677 g/mol. The van der Waals surface area contributed by atoms with Gasteiger partial charge in [-0.2, -0.15) is 26.3 Å². The summed E-state index contributed by atoms with van der Waals surface area (Å²) in [6.07, 6.45) is -10.1. The van der Waals surface area contributed by atoms with Gasteiger partial charge < -0.3 is 4.57 Å².